The SMILES string of the molecule is CCCNc1nnc(SCc2ccc(Cl)c(Cl)c2)s1. The molecular formula is C12H13Cl2N3S2. The maximum absolute atomic E-state index is 5.98. The van der Waals surface area contributed by atoms with Gasteiger partial charge in [0, 0.05) is 12.3 Å². The summed E-state index contributed by atoms with van der Waals surface area (Å²) in [6, 6.07) is 5.67. The Labute approximate surface area is 130 Å². The summed E-state index contributed by atoms with van der Waals surface area (Å²) in [6.45, 7) is 3.04. The Kier molecular flexibility index (Phi) is 5.76. The number of nitrogens with one attached hydrogen (secondary N) is 1. The molecule has 1 aromatic heterocycles. The number of anilines is 1. The van der Waals surface area contributed by atoms with Gasteiger partial charge in [-0.2, -0.15) is 0 Å². The average Bonchev–Trinajstić information content (AvgIpc) is 2.86. The topological polar surface area (TPSA) is 37.8 Å². The first-order valence-corrected chi connectivity index (χ1v) is 8.39. The Hall–Kier alpha value is -0.490. The highest BCUT2D eigenvalue weighted by atomic mass is 35.5. The number of hydrogen-bond acceptors (Lipinski definition) is 5. The van der Waals surface area contributed by atoms with E-state index in [1.807, 2.05) is 18.2 Å². The number of benzene rings is 1. The quantitative estimate of drug-likeness (QED) is 0.758. The Morgan fingerprint density at radius 3 is 2.84 bits per heavy atom. The molecule has 7 heteroatoms. The second kappa shape index (κ2) is 7.33. The molecule has 0 bridgehead atoms. The molecule has 0 aliphatic rings. The van der Waals surface area contributed by atoms with Gasteiger partial charge >= 0.3 is 0 Å². The summed E-state index contributed by atoms with van der Waals surface area (Å²) >= 11 is 15.1. The van der Waals surface area contributed by atoms with Crippen molar-refractivity contribution in [2.75, 3.05) is 11.9 Å². The Balaban J connectivity index is 1.91. The lowest BCUT2D eigenvalue weighted by Crippen LogP contribution is -1.98. The fraction of sp³-hybridized carbons (Fsp3) is 0.333. The Bertz CT molecular complexity index is 546. The molecular weight excluding hydrogens is 321 g/mol. The molecule has 2 aromatic rings. The number of rotatable bonds is 6. The van der Waals surface area contributed by atoms with Crippen LogP contribution in [0.5, 0.6) is 0 Å². The minimum Gasteiger partial charge on any atom is -0.360 e. The zero-order valence-electron chi connectivity index (χ0n) is 10.3. The first kappa shape index (κ1) is 14.9. The molecule has 0 fully saturated rings. The first-order chi connectivity index (χ1) is 9.19. The molecule has 1 heterocycles. The molecule has 0 saturated heterocycles. The zero-order valence-corrected chi connectivity index (χ0v) is 13.5. The van der Waals surface area contributed by atoms with E-state index in [9.17, 15) is 0 Å². The van der Waals surface area contributed by atoms with Crippen molar-refractivity contribution in [3.63, 3.8) is 0 Å². The van der Waals surface area contributed by atoms with E-state index in [0.717, 1.165) is 33.8 Å². The molecule has 0 aliphatic carbocycles. The molecule has 0 unspecified atom stereocenters. The van der Waals surface area contributed by atoms with E-state index in [1.54, 1.807) is 23.1 Å². The van der Waals surface area contributed by atoms with E-state index in [2.05, 4.69) is 22.4 Å². The molecule has 0 atom stereocenters. The number of hydrogen-bond donors (Lipinski definition) is 1. The van der Waals surface area contributed by atoms with Crippen molar-refractivity contribution in [2.24, 2.45) is 0 Å². The highest BCUT2D eigenvalue weighted by Crippen LogP contribution is 2.30. The van der Waals surface area contributed by atoms with Crippen LogP contribution in [0.25, 0.3) is 0 Å². The molecule has 0 aliphatic heterocycles. The third-order valence-corrected chi connectivity index (χ3v) is 5.10. The summed E-state index contributed by atoms with van der Waals surface area (Å²) < 4.78 is 0.949. The van der Waals surface area contributed by atoms with Gasteiger partial charge in [-0.1, -0.05) is 59.3 Å². The predicted molar refractivity (Wildman–Crippen MR) is 84.7 cm³/mol. The van der Waals surface area contributed by atoms with Crippen molar-refractivity contribution in [1.82, 2.24) is 10.2 Å². The van der Waals surface area contributed by atoms with E-state index < -0.39 is 0 Å². The van der Waals surface area contributed by atoms with Crippen molar-refractivity contribution < 1.29 is 0 Å². The van der Waals surface area contributed by atoms with Crippen LogP contribution in [0.15, 0.2) is 22.5 Å². The van der Waals surface area contributed by atoms with Gasteiger partial charge < -0.3 is 5.32 Å². The fourth-order valence-electron chi connectivity index (χ4n) is 1.35. The van der Waals surface area contributed by atoms with Crippen molar-refractivity contribution in [3.8, 4) is 0 Å². The van der Waals surface area contributed by atoms with Crippen LogP contribution >= 0.6 is 46.3 Å². The number of thioether (sulfide) groups is 1. The second-order valence-electron chi connectivity index (χ2n) is 3.84. The van der Waals surface area contributed by atoms with Crippen LogP contribution in [0.1, 0.15) is 18.9 Å². The third-order valence-electron chi connectivity index (χ3n) is 2.28. The van der Waals surface area contributed by atoms with E-state index >= 15 is 0 Å². The van der Waals surface area contributed by atoms with Crippen LogP contribution in [-0.2, 0) is 5.75 Å². The maximum Gasteiger partial charge on any atom is 0.206 e. The van der Waals surface area contributed by atoms with Crippen LogP contribution in [-0.4, -0.2) is 16.7 Å². The van der Waals surface area contributed by atoms with Gasteiger partial charge in [0.25, 0.3) is 0 Å². The molecule has 0 amide bonds. The molecule has 3 nitrogen and oxygen atoms in total. The highest BCUT2D eigenvalue weighted by Gasteiger charge is 2.05. The Morgan fingerprint density at radius 1 is 1.26 bits per heavy atom. The lowest BCUT2D eigenvalue weighted by Gasteiger charge is -2.01. The van der Waals surface area contributed by atoms with Crippen molar-refractivity contribution in [1.29, 1.82) is 0 Å². The van der Waals surface area contributed by atoms with Gasteiger partial charge in [0.05, 0.1) is 10.0 Å². The summed E-state index contributed by atoms with van der Waals surface area (Å²) in [5, 5.41) is 13.5. The number of aromatic nitrogens is 2. The van der Waals surface area contributed by atoms with Crippen molar-refractivity contribution in [2.45, 2.75) is 23.4 Å². The van der Waals surface area contributed by atoms with Gasteiger partial charge in [-0.15, -0.1) is 10.2 Å². The van der Waals surface area contributed by atoms with Gasteiger partial charge in [-0.25, -0.2) is 0 Å². The van der Waals surface area contributed by atoms with Gasteiger partial charge in [0.15, 0.2) is 4.34 Å². The van der Waals surface area contributed by atoms with Crippen LogP contribution < -0.4 is 5.32 Å². The minimum atomic E-state index is 0.581. The van der Waals surface area contributed by atoms with Crippen molar-refractivity contribution in [3.05, 3.63) is 33.8 Å². The Morgan fingerprint density at radius 2 is 2.11 bits per heavy atom. The first-order valence-electron chi connectivity index (χ1n) is 5.83. The zero-order chi connectivity index (χ0) is 13.7. The third kappa shape index (κ3) is 4.53. The molecule has 2 rings (SSSR count). The molecule has 102 valence electrons. The summed E-state index contributed by atoms with van der Waals surface area (Å²) in [5.74, 6) is 0.805. The fourth-order valence-corrected chi connectivity index (χ4v) is 3.39. The number of halogens is 2. The lowest BCUT2D eigenvalue weighted by atomic mass is 10.2. The standard InChI is InChI=1S/C12H13Cl2N3S2/c1-2-5-15-11-16-17-12(19-11)18-7-8-3-4-9(13)10(14)6-8/h3-4,6H,2,5,7H2,1H3,(H,15,16). The summed E-state index contributed by atoms with van der Waals surface area (Å²) in [7, 11) is 0. The van der Waals surface area contributed by atoms with Gasteiger partial charge in [-0.3, -0.25) is 0 Å². The van der Waals surface area contributed by atoms with Crippen LogP contribution in [0.4, 0.5) is 5.13 Å². The average molecular weight is 334 g/mol. The molecule has 0 spiro atoms. The van der Waals surface area contributed by atoms with Crippen LogP contribution in [0.3, 0.4) is 0 Å². The minimum absolute atomic E-state index is 0.581. The van der Waals surface area contributed by atoms with E-state index in [-0.39, 0.29) is 0 Å². The normalized spacial score (nSPS) is 10.7. The smallest absolute Gasteiger partial charge is 0.206 e. The molecule has 0 radical (unpaired) electrons. The van der Waals surface area contributed by atoms with Crippen LogP contribution in [0, 0.1) is 0 Å². The van der Waals surface area contributed by atoms with E-state index in [1.165, 1.54) is 0 Å². The number of nitrogens with zero attached hydrogens (tertiary/aromatic N) is 2. The van der Waals surface area contributed by atoms with Gasteiger partial charge in [0.1, 0.15) is 0 Å². The van der Waals surface area contributed by atoms with E-state index in [0.29, 0.717) is 10.0 Å². The predicted octanol–water partition coefficient (Wildman–Crippen LogP) is 4.96. The largest absolute Gasteiger partial charge is 0.360 e. The second-order valence-corrected chi connectivity index (χ2v) is 6.85. The van der Waals surface area contributed by atoms with Gasteiger partial charge in [0.2, 0.25) is 5.13 Å². The summed E-state index contributed by atoms with van der Waals surface area (Å²) in [6.07, 6.45) is 1.07. The summed E-state index contributed by atoms with van der Waals surface area (Å²) in [4.78, 5) is 0. The monoisotopic (exact) mass is 333 g/mol. The molecule has 1 N–H and O–H groups in total. The summed E-state index contributed by atoms with van der Waals surface area (Å²) in [5.41, 5.74) is 1.12. The molecule has 1 aromatic carbocycles. The van der Waals surface area contributed by atoms with Crippen LogP contribution in [0.2, 0.25) is 10.0 Å². The molecule has 19 heavy (non-hydrogen) atoms. The van der Waals surface area contributed by atoms with Crippen molar-refractivity contribution >= 4 is 51.4 Å². The molecule has 0 saturated carbocycles. The highest BCUT2D eigenvalue weighted by molar-refractivity contribution is 8.00. The van der Waals surface area contributed by atoms with E-state index in [4.69, 9.17) is 23.2 Å². The lowest BCUT2D eigenvalue weighted by molar-refractivity contribution is 0.951. The van der Waals surface area contributed by atoms with Gasteiger partial charge in [-0.05, 0) is 24.1 Å². The maximum atomic E-state index is 5.98.